The molecule has 0 spiro atoms. The summed E-state index contributed by atoms with van der Waals surface area (Å²) in [7, 11) is 0. The molecule has 1 N–H and O–H groups in total. The molecule has 0 aliphatic rings. The molecule has 0 saturated heterocycles. The standard InChI is InChI=1S/C17H17F3N4O2/c1-2-3-4-5-9-24-12-15(22-23-24)16(25)21-11-13-7-6-8-14(10-13)26-17(18,19)20/h1,6-8,10,12H,3-5,9,11H2,(H,21,25). The first-order chi connectivity index (χ1) is 12.4. The maximum absolute atomic E-state index is 12.2. The highest BCUT2D eigenvalue weighted by atomic mass is 19.4. The first kappa shape index (κ1) is 19.3. The van der Waals surface area contributed by atoms with Crippen molar-refractivity contribution in [2.75, 3.05) is 0 Å². The highest BCUT2D eigenvalue weighted by molar-refractivity contribution is 5.91. The van der Waals surface area contributed by atoms with Crippen LogP contribution in [-0.4, -0.2) is 27.3 Å². The molecule has 0 fully saturated rings. The van der Waals surface area contributed by atoms with Gasteiger partial charge >= 0.3 is 6.36 Å². The average Bonchev–Trinajstić information content (AvgIpc) is 3.04. The van der Waals surface area contributed by atoms with E-state index in [4.69, 9.17) is 6.42 Å². The van der Waals surface area contributed by atoms with Gasteiger partial charge in [0.05, 0.1) is 6.20 Å². The Labute approximate surface area is 148 Å². The average molecular weight is 366 g/mol. The van der Waals surface area contributed by atoms with Crippen LogP contribution in [-0.2, 0) is 13.1 Å². The van der Waals surface area contributed by atoms with Gasteiger partial charge in [0.15, 0.2) is 5.69 Å². The second-order valence-electron chi connectivity index (χ2n) is 5.41. The molecule has 0 saturated carbocycles. The van der Waals surface area contributed by atoms with Crippen LogP contribution in [0.3, 0.4) is 0 Å². The smallest absolute Gasteiger partial charge is 0.406 e. The van der Waals surface area contributed by atoms with Crippen molar-refractivity contribution in [3.05, 3.63) is 41.7 Å². The summed E-state index contributed by atoms with van der Waals surface area (Å²) >= 11 is 0. The monoisotopic (exact) mass is 366 g/mol. The molecule has 6 nitrogen and oxygen atoms in total. The molecule has 0 radical (unpaired) electrons. The zero-order valence-corrected chi connectivity index (χ0v) is 13.8. The van der Waals surface area contributed by atoms with E-state index in [9.17, 15) is 18.0 Å². The molecule has 1 aromatic carbocycles. The Hall–Kier alpha value is -3.02. The second kappa shape index (κ2) is 8.89. The van der Waals surface area contributed by atoms with E-state index in [1.54, 1.807) is 10.7 Å². The number of unbranched alkanes of at least 4 members (excludes halogenated alkanes) is 2. The Morgan fingerprint density at radius 1 is 1.35 bits per heavy atom. The van der Waals surface area contributed by atoms with Crippen molar-refractivity contribution in [1.82, 2.24) is 20.3 Å². The largest absolute Gasteiger partial charge is 0.573 e. The fourth-order valence-corrected chi connectivity index (χ4v) is 2.14. The van der Waals surface area contributed by atoms with Gasteiger partial charge in [-0.2, -0.15) is 0 Å². The number of hydrogen-bond donors (Lipinski definition) is 1. The Morgan fingerprint density at radius 3 is 2.88 bits per heavy atom. The van der Waals surface area contributed by atoms with E-state index in [1.807, 2.05) is 0 Å². The van der Waals surface area contributed by atoms with Crippen LogP contribution in [0.25, 0.3) is 0 Å². The molecular formula is C17H17F3N4O2. The second-order valence-corrected chi connectivity index (χ2v) is 5.41. The quantitative estimate of drug-likeness (QED) is 0.576. The molecular weight excluding hydrogens is 349 g/mol. The van der Waals surface area contributed by atoms with Gasteiger partial charge in [0.25, 0.3) is 5.91 Å². The summed E-state index contributed by atoms with van der Waals surface area (Å²) in [4.78, 5) is 12.1. The number of ether oxygens (including phenoxy) is 1. The molecule has 1 aromatic heterocycles. The van der Waals surface area contributed by atoms with Crippen molar-refractivity contribution in [2.45, 2.75) is 38.7 Å². The summed E-state index contributed by atoms with van der Waals surface area (Å²) in [6.07, 6.45) is 4.27. The molecule has 0 bridgehead atoms. The summed E-state index contributed by atoms with van der Waals surface area (Å²) in [5, 5.41) is 10.2. The normalized spacial score (nSPS) is 11.0. The van der Waals surface area contributed by atoms with E-state index in [2.05, 4.69) is 26.3 Å². The Morgan fingerprint density at radius 2 is 2.15 bits per heavy atom. The van der Waals surface area contributed by atoms with E-state index in [0.29, 0.717) is 18.5 Å². The van der Waals surface area contributed by atoms with Crippen LogP contribution in [0.1, 0.15) is 35.3 Å². The van der Waals surface area contributed by atoms with Crippen molar-refractivity contribution in [1.29, 1.82) is 0 Å². The number of alkyl halides is 3. The molecule has 138 valence electrons. The molecule has 0 atom stereocenters. The minimum atomic E-state index is -4.76. The molecule has 9 heteroatoms. The number of carbonyl (C=O) groups is 1. The molecule has 1 amide bonds. The van der Waals surface area contributed by atoms with Gasteiger partial charge in [0, 0.05) is 19.5 Å². The number of nitrogens with zero attached hydrogens (tertiary/aromatic N) is 3. The number of amides is 1. The summed E-state index contributed by atoms with van der Waals surface area (Å²) in [6.45, 7) is 0.627. The van der Waals surface area contributed by atoms with Crippen molar-refractivity contribution in [2.24, 2.45) is 0 Å². The summed E-state index contributed by atoms with van der Waals surface area (Å²) in [6, 6.07) is 5.38. The number of aromatic nitrogens is 3. The van der Waals surface area contributed by atoms with E-state index >= 15 is 0 Å². The van der Waals surface area contributed by atoms with Crippen LogP contribution in [0.2, 0.25) is 0 Å². The number of rotatable bonds is 8. The van der Waals surface area contributed by atoms with Gasteiger partial charge in [-0.05, 0) is 30.5 Å². The van der Waals surface area contributed by atoms with Crippen molar-refractivity contribution in [3.63, 3.8) is 0 Å². The lowest BCUT2D eigenvalue weighted by Crippen LogP contribution is -2.23. The van der Waals surface area contributed by atoms with E-state index in [0.717, 1.165) is 12.8 Å². The number of nitrogens with one attached hydrogen (secondary N) is 1. The Balaban J connectivity index is 1.86. The van der Waals surface area contributed by atoms with Gasteiger partial charge in [0.1, 0.15) is 5.75 Å². The maximum Gasteiger partial charge on any atom is 0.573 e. The number of terminal acetylenes is 1. The van der Waals surface area contributed by atoms with Gasteiger partial charge < -0.3 is 10.1 Å². The SMILES string of the molecule is C#CCCCCn1cc(C(=O)NCc2cccc(OC(F)(F)F)c2)nn1. The summed E-state index contributed by atoms with van der Waals surface area (Å²) in [5.41, 5.74) is 0.589. The van der Waals surface area contributed by atoms with Crippen molar-refractivity contribution >= 4 is 5.91 Å². The molecule has 2 aromatic rings. The third-order valence-electron chi connectivity index (χ3n) is 3.31. The third kappa shape index (κ3) is 6.47. The molecule has 0 aliphatic carbocycles. The van der Waals surface area contributed by atoms with Crippen LogP contribution in [0, 0.1) is 12.3 Å². The maximum atomic E-state index is 12.2. The molecule has 2 rings (SSSR count). The zero-order valence-electron chi connectivity index (χ0n) is 13.8. The van der Waals surface area contributed by atoms with Crippen LogP contribution >= 0.6 is 0 Å². The van der Waals surface area contributed by atoms with Crippen molar-refractivity contribution in [3.8, 4) is 18.1 Å². The van der Waals surface area contributed by atoms with E-state index in [1.165, 1.54) is 24.4 Å². The zero-order chi connectivity index (χ0) is 19.0. The number of carbonyl (C=O) groups excluding carboxylic acids is 1. The molecule has 0 unspecified atom stereocenters. The topological polar surface area (TPSA) is 69.0 Å². The predicted molar refractivity (Wildman–Crippen MR) is 87.0 cm³/mol. The van der Waals surface area contributed by atoms with Gasteiger partial charge in [-0.25, -0.2) is 0 Å². The van der Waals surface area contributed by atoms with Gasteiger partial charge in [-0.1, -0.05) is 17.3 Å². The fourth-order valence-electron chi connectivity index (χ4n) is 2.14. The first-order valence-electron chi connectivity index (χ1n) is 7.84. The highest BCUT2D eigenvalue weighted by Crippen LogP contribution is 2.23. The molecule has 26 heavy (non-hydrogen) atoms. The van der Waals surface area contributed by atoms with E-state index in [-0.39, 0.29) is 18.0 Å². The van der Waals surface area contributed by atoms with Crippen LogP contribution in [0.4, 0.5) is 13.2 Å². The minimum absolute atomic E-state index is 0.0307. The van der Waals surface area contributed by atoms with Gasteiger partial charge in [0.2, 0.25) is 0 Å². The fraction of sp³-hybridized carbons (Fsp3) is 0.353. The lowest BCUT2D eigenvalue weighted by Gasteiger charge is -2.10. The Bertz CT molecular complexity index is 781. The first-order valence-corrected chi connectivity index (χ1v) is 7.84. The third-order valence-corrected chi connectivity index (χ3v) is 3.31. The minimum Gasteiger partial charge on any atom is -0.406 e. The molecule has 1 heterocycles. The summed E-state index contributed by atoms with van der Waals surface area (Å²) < 4.78 is 42.1. The van der Waals surface area contributed by atoms with Crippen LogP contribution in [0.5, 0.6) is 5.75 Å². The Kier molecular flexibility index (Phi) is 6.60. The highest BCUT2D eigenvalue weighted by Gasteiger charge is 2.31. The van der Waals surface area contributed by atoms with Crippen molar-refractivity contribution < 1.29 is 22.7 Å². The van der Waals surface area contributed by atoms with Crippen LogP contribution < -0.4 is 10.1 Å². The number of halogens is 3. The molecule has 0 aliphatic heterocycles. The number of aryl methyl sites for hydroxylation is 1. The van der Waals surface area contributed by atoms with E-state index < -0.39 is 12.3 Å². The number of benzene rings is 1. The number of hydrogen-bond acceptors (Lipinski definition) is 4. The van der Waals surface area contributed by atoms with Gasteiger partial charge in [-0.15, -0.1) is 30.6 Å². The van der Waals surface area contributed by atoms with Crippen LogP contribution in [0.15, 0.2) is 30.5 Å². The van der Waals surface area contributed by atoms with Gasteiger partial charge in [-0.3, -0.25) is 9.48 Å². The predicted octanol–water partition coefficient (Wildman–Crippen LogP) is 2.91. The lowest BCUT2D eigenvalue weighted by atomic mass is 10.2. The lowest BCUT2D eigenvalue weighted by molar-refractivity contribution is -0.274. The summed E-state index contributed by atoms with van der Waals surface area (Å²) in [5.74, 6) is 1.73.